The molecule has 0 saturated heterocycles. The maximum absolute atomic E-state index is 12.8. The molecule has 4 nitrogen and oxygen atoms in total. The molecular weight excluding hydrogens is 604 g/mol. The molecule has 0 radical (unpaired) electrons. The van der Waals surface area contributed by atoms with Crippen LogP contribution in [0.1, 0.15) is 121 Å². The van der Waals surface area contributed by atoms with Gasteiger partial charge in [-0.25, -0.2) is 0 Å². The number of rotatable bonds is 19. The largest absolute Gasteiger partial charge is 0.493 e. The summed E-state index contributed by atoms with van der Waals surface area (Å²) in [5.41, 5.74) is 4.20. The average Bonchev–Trinajstić information content (AvgIpc) is 3.45. The summed E-state index contributed by atoms with van der Waals surface area (Å²) in [5.74, 6) is 1.95. The summed E-state index contributed by atoms with van der Waals surface area (Å²) in [6, 6.07) is 14.4. The molecule has 1 amide bonds. The minimum absolute atomic E-state index is 0. The van der Waals surface area contributed by atoms with E-state index in [2.05, 4.69) is 73.8 Å². The molecule has 1 aliphatic heterocycles. The molecule has 234 valence electrons. The number of thioether (sulfide) groups is 1. The minimum atomic E-state index is -0.0583. The van der Waals surface area contributed by atoms with Crippen LogP contribution in [0.2, 0.25) is 0 Å². The standard InChI is InChI=1S/C36H54N2O2S.BrH/c1-5-6-7-8-9-10-11-12-13-14-15-16-24-40-34-22-19-31(26-33(34)36(2,3)4)27-35(39)37-32-20-17-30(18-21-32)28-38-23-25-41-29-38;/h17-23,25-26H,5-16,24,27-29H2,1-4H3,(H,37,39);1H. The van der Waals surface area contributed by atoms with Crippen molar-refractivity contribution in [3.63, 3.8) is 0 Å². The predicted molar refractivity (Wildman–Crippen MR) is 188 cm³/mol. The van der Waals surface area contributed by atoms with Gasteiger partial charge in [0.1, 0.15) is 5.75 Å². The second kappa shape index (κ2) is 20.1. The van der Waals surface area contributed by atoms with E-state index in [1.165, 1.54) is 81.8 Å². The van der Waals surface area contributed by atoms with E-state index in [9.17, 15) is 4.79 Å². The highest BCUT2D eigenvalue weighted by Crippen LogP contribution is 2.33. The molecular formula is C36H55BrN2O2S. The fraction of sp³-hybridized carbons (Fsp3) is 0.583. The number of nitrogens with one attached hydrogen (secondary N) is 1. The van der Waals surface area contributed by atoms with E-state index in [-0.39, 0.29) is 28.3 Å². The fourth-order valence-electron chi connectivity index (χ4n) is 5.25. The third-order valence-corrected chi connectivity index (χ3v) is 8.50. The van der Waals surface area contributed by atoms with Gasteiger partial charge < -0.3 is 15.0 Å². The van der Waals surface area contributed by atoms with Gasteiger partial charge in [-0.3, -0.25) is 4.79 Å². The Hall–Kier alpha value is -1.92. The van der Waals surface area contributed by atoms with Gasteiger partial charge in [-0.1, -0.05) is 123 Å². The lowest BCUT2D eigenvalue weighted by Crippen LogP contribution is -2.17. The Morgan fingerprint density at radius 3 is 2.02 bits per heavy atom. The van der Waals surface area contributed by atoms with Crippen molar-refractivity contribution >= 4 is 40.3 Å². The summed E-state index contributed by atoms with van der Waals surface area (Å²) in [6.45, 7) is 10.6. The monoisotopic (exact) mass is 658 g/mol. The number of nitrogens with zero attached hydrogens (tertiary/aromatic N) is 1. The number of amides is 1. The maximum atomic E-state index is 12.8. The van der Waals surface area contributed by atoms with Crippen LogP contribution in [0, 0.1) is 0 Å². The zero-order valence-corrected chi connectivity index (χ0v) is 29.1. The maximum Gasteiger partial charge on any atom is 0.228 e. The van der Waals surface area contributed by atoms with Gasteiger partial charge in [0.2, 0.25) is 5.91 Å². The van der Waals surface area contributed by atoms with Crippen LogP contribution in [0.3, 0.4) is 0 Å². The van der Waals surface area contributed by atoms with E-state index in [0.29, 0.717) is 6.42 Å². The second-order valence-corrected chi connectivity index (χ2v) is 13.4. The predicted octanol–water partition coefficient (Wildman–Crippen LogP) is 10.8. The molecule has 3 rings (SSSR count). The lowest BCUT2D eigenvalue weighted by atomic mass is 9.85. The molecule has 2 aromatic carbocycles. The van der Waals surface area contributed by atoms with Crippen LogP contribution in [0.15, 0.2) is 54.1 Å². The molecule has 0 fully saturated rings. The number of carbonyl (C=O) groups is 1. The topological polar surface area (TPSA) is 41.6 Å². The Kier molecular flexibility index (Phi) is 17.4. The normalized spacial score (nSPS) is 12.8. The SMILES string of the molecule is Br.CCCCCCCCCCCCCCOc1ccc(CC(=O)Nc2ccc(CN3C=CSC3)cc2)cc1C(C)(C)C. The van der Waals surface area contributed by atoms with Crippen LogP contribution in [0.4, 0.5) is 5.69 Å². The van der Waals surface area contributed by atoms with Crippen molar-refractivity contribution in [2.75, 3.05) is 17.8 Å². The molecule has 0 bridgehead atoms. The number of ether oxygens (including phenoxy) is 1. The summed E-state index contributed by atoms with van der Waals surface area (Å²) in [5, 5.41) is 5.19. The molecule has 0 saturated carbocycles. The van der Waals surface area contributed by atoms with Gasteiger partial charge in [0.25, 0.3) is 0 Å². The van der Waals surface area contributed by atoms with Crippen LogP contribution in [0.25, 0.3) is 0 Å². The van der Waals surface area contributed by atoms with Gasteiger partial charge in [-0.15, -0.1) is 28.7 Å². The van der Waals surface area contributed by atoms with Crippen molar-refractivity contribution in [2.45, 2.75) is 123 Å². The van der Waals surface area contributed by atoms with E-state index in [1.807, 2.05) is 30.0 Å². The van der Waals surface area contributed by atoms with E-state index in [4.69, 9.17) is 4.74 Å². The zero-order valence-electron chi connectivity index (χ0n) is 26.6. The van der Waals surface area contributed by atoms with Crippen molar-refractivity contribution in [1.29, 1.82) is 0 Å². The zero-order chi connectivity index (χ0) is 29.3. The number of benzene rings is 2. The molecule has 1 N–H and O–H groups in total. The summed E-state index contributed by atoms with van der Waals surface area (Å²) >= 11 is 1.81. The molecule has 0 atom stereocenters. The van der Waals surface area contributed by atoms with Gasteiger partial charge in [-0.2, -0.15) is 0 Å². The Bertz CT molecular complexity index is 1070. The van der Waals surface area contributed by atoms with E-state index >= 15 is 0 Å². The quantitative estimate of drug-likeness (QED) is 0.152. The molecule has 0 aromatic heterocycles. The number of unbranched alkanes of at least 4 members (excludes halogenated alkanes) is 11. The average molecular weight is 660 g/mol. The third-order valence-electron chi connectivity index (χ3n) is 7.70. The number of halogens is 1. The number of hydrogen-bond acceptors (Lipinski definition) is 4. The van der Waals surface area contributed by atoms with Crippen molar-refractivity contribution in [3.8, 4) is 5.75 Å². The van der Waals surface area contributed by atoms with Crippen molar-refractivity contribution < 1.29 is 9.53 Å². The molecule has 6 heteroatoms. The van der Waals surface area contributed by atoms with Crippen molar-refractivity contribution in [3.05, 3.63) is 70.8 Å². The molecule has 0 spiro atoms. The van der Waals surface area contributed by atoms with Crippen molar-refractivity contribution in [1.82, 2.24) is 4.90 Å². The first-order valence-corrected chi connectivity index (χ1v) is 17.1. The Morgan fingerprint density at radius 1 is 0.857 bits per heavy atom. The first kappa shape index (κ1) is 36.3. The summed E-state index contributed by atoms with van der Waals surface area (Å²) in [7, 11) is 0. The van der Waals surface area contributed by atoms with Gasteiger partial charge in [0.05, 0.1) is 18.9 Å². The molecule has 0 aliphatic carbocycles. The van der Waals surface area contributed by atoms with Crippen LogP contribution >= 0.6 is 28.7 Å². The van der Waals surface area contributed by atoms with Gasteiger partial charge in [0, 0.05) is 18.4 Å². The first-order valence-electron chi connectivity index (χ1n) is 16.0. The van der Waals surface area contributed by atoms with Crippen LogP contribution in [-0.4, -0.2) is 23.3 Å². The van der Waals surface area contributed by atoms with Crippen LogP contribution in [-0.2, 0) is 23.2 Å². The molecule has 1 heterocycles. The summed E-state index contributed by atoms with van der Waals surface area (Å²) in [4.78, 5) is 15.1. The van der Waals surface area contributed by atoms with Gasteiger partial charge >= 0.3 is 0 Å². The van der Waals surface area contributed by atoms with Gasteiger partial charge in [0.15, 0.2) is 0 Å². The molecule has 1 aliphatic rings. The third kappa shape index (κ3) is 14.0. The Labute approximate surface area is 271 Å². The minimum Gasteiger partial charge on any atom is -0.493 e. The van der Waals surface area contributed by atoms with E-state index in [1.54, 1.807) is 0 Å². The highest BCUT2D eigenvalue weighted by molar-refractivity contribution is 8.93. The second-order valence-electron chi connectivity index (χ2n) is 12.6. The highest BCUT2D eigenvalue weighted by Gasteiger charge is 2.20. The highest BCUT2D eigenvalue weighted by atomic mass is 79.9. The lowest BCUT2D eigenvalue weighted by molar-refractivity contribution is -0.115. The Balaban J connectivity index is 0.00000616. The smallest absolute Gasteiger partial charge is 0.228 e. The first-order chi connectivity index (χ1) is 19.8. The van der Waals surface area contributed by atoms with E-state index in [0.717, 1.165) is 42.4 Å². The number of carbonyl (C=O) groups excluding carboxylic acids is 1. The number of hydrogen-bond donors (Lipinski definition) is 1. The van der Waals surface area contributed by atoms with Crippen molar-refractivity contribution in [2.24, 2.45) is 0 Å². The molecule has 42 heavy (non-hydrogen) atoms. The van der Waals surface area contributed by atoms with Crippen LogP contribution < -0.4 is 10.1 Å². The van der Waals surface area contributed by atoms with Crippen LogP contribution in [0.5, 0.6) is 5.75 Å². The van der Waals surface area contributed by atoms with E-state index < -0.39 is 0 Å². The Morgan fingerprint density at radius 2 is 1.45 bits per heavy atom. The fourth-order valence-corrected chi connectivity index (χ4v) is 5.97. The van der Waals surface area contributed by atoms with Gasteiger partial charge in [-0.05, 0) is 52.1 Å². The summed E-state index contributed by atoms with van der Waals surface area (Å²) < 4.78 is 6.26. The lowest BCUT2D eigenvalue weighted by Gasteiger charge is -2.24. The number of anilines is 1. The molecule has 0 unspecified atom stereocenters. The molecule has 2 aromatic rings. The summed E-state index contributed by atoms with van der Waals surface area (Å²) in [6.07, 6.45) is 18.6.